The number of hydrogen-bond donors (Lipinski definition) is 2. The fourth-order valence-electron chi connectivity index (χ4n) is 2.48. The predicted molar refractivity (Wildman–Crippen MR) is 106 cm³/mol. The fraction of sp³-hybridized carbons (Fsp3) is 0.105. The summed E-state index contributed by atoms with van der Waals surface area (Å²) in [6, 6.07) is 14.0. The number of carbonyl (C=O) groups excluding carboxylic acids is 1. The summed E-state index contributed by atoms with van der Waals surface area (Å²) in [5.74, 6) is -0.770. The molecular weight excluding hydrogens is 387 g/mol. The van der Waals surface area contributed by atoms with Crippen molar-refractivity contribution in [2.75, 3.05) is 0 Å². The minimum absolute atomic E-state index is 0.0299. The van der Waals surface area contributed by atoms with Crippen molar-refractivity contribution in [2.24, 2.45) is 5.10 Å². The van der Waals surface area contributed by atoms with Gasteiger partial charge in [0.15, 0.2) is 0 Å². The Labute approximate surface area is 166 Å². The number of benzene rings is 2. The second-order valence-corrected chi connectivity index (χ2v) is 6.59. The summed E-state index contributed by atoms with van der Waals surface area (Å²) in [5, 5.41) is 18.8. The van der Waals surface area contributed by atoms with Crippen LogP contribution in [0.25, 0.3) is 0 Å². The number of nitrogens with zero attached hydrogens (tertiary/aromatic N) is 3. The highest BCUT2D eigenvalue weighted by Crippen LogP contribution is 2.21. The van der Waals surface area contributed by atoms with E-state index in [2.05, 4.69) is 15.6 Å². The van der Waals surface area contributed by atoms with Gasteiger partial charge in [0.25, 0.3) is 5.91 Å². The number of phenolic OH excluding ortho intramolecular Hbond substituents is 1. The lowest BCUT2D eigenvalue weighted by Gasteiger charge is -2.04. The third-order valence-electron chi connectivity index (χ3n) is 3.85. The molecule has 0 radical (unpaired) electrons. The molecule has 138 valence electrons. The summed E-state index contributed by atoms with van der Waals surface area (Å²) < 4.78 is 1.66. The van der Waals surface area contributed by atoms with E-state index in [1.165, 1.54) is 24.4 Å². The van der Waals surface area contributed by atoms with Crippen LogP contribution in [0.15, 0.2) is 53.6 Å². The summed E-state index contributed by atoms with van der Waals surface area (Å²) in [7, 11) is 0. The Hall–Kier alpha value is -2.83. The van der Waals surface area contributed by atoms with Gasteiger partial charge in [-0.1, -0.05) is 53.5 Å². The molecule has 2 aromatic carbocycles. The van der Waals surface area contributed by atoms with Crippen LogP contribution in [0.1, 0.15) is 27.2 Å². The Kier molecular flexibility index (Phi) is 5.78. The Balaban J connectivity index is 1.74. The third-order valence-corrected chi connectivity index (χ3v) is 4.48. The Morgan fingerprint density at radius 1 is 1.26 bits per heavy atom. The van der Waals surface area contributed by atoms with E-state index in [-0.39, 0.29) is 11.3 Å². The van der Waals surface area contributed by atoms with Crippen LogP contribution in [0.4, 0.5) is 0 Å². The molecule has 0 saturated carbocycles. The van der Waals surface area contributed by atoms with E-state index in [0.717, 1.165) is 5.56 Å². The number of aromatic hydroxyl groups is 1. The zero-order chi connectivity index (χ0) is 19.4. The molecule has 1 amide bonds. The van der Waals surface area contributed by atoms with Crippen molar-refractivity contribution >= 4 is 35.3 Å². The molecular formula is C19H16Cl2N4O2. The zero-order valence-electron chi connectivity index (χ0n) is 14.4. The first-order chi connectivity index (χ1) is 13.0. The number of hydrogen-bond acceptors (Lipinski definition) is 4. The van der Waals surface area contributed by atoms with E-state index in [4.69, 9.17) is 23.2 Å². The van der Waals surface area contributed by atoms with Crippen LogP contribution in [0.3, 0.4) is 0 Å². The SMILES string of the molecule is Cc1nn(Cc2ccccc2)c(Cl)c1/C=N\NC(=O)c1cc(Cl)ccc1O. The first-order valence-electron chi connectivity index (χ1n) is 8.04. The number of hydrazone groups is 1. The molecule has 1 heterocycles. The average Bonchev–Trinajstić information content (AvgIpc) is 2.91. The summed E-state index contributed by atoms with van der Waals surface area (Å²) >= 11 is 12.2. The molecule has 0 aliphatic carbocycles. The highest BCUT2D eigenvalue weighted by atomic mass is 35.5. The number of aryl methyl sites for hydroxylation is 1. The molecule has 0 atom stereocenters. The van der Waals surface area contributed by atoms with Gasteiger partial charge in [0.05, 0.1) is 29.6 Å². The Morgan fingerprint density at radius 3 is 2.74 bits per heavy atom. The molecule has 0 spiro atoms. The van der Waals surface area contributed by atoms with Gasteiger partial charge in [-0.25, -0.2) is 10.1 Å². The largest absolute Gasteiger partial charge is 0.507 e. The predicted octanol–water partition coefficient (Wildman–Crippen LogP) is 4.02. The number of aromatic nitrogens is 2. The molecule has 0 fully saturated rings. The van der Waals surface area contributed by atoms with Crippen molar-refractivity contribution < 1.29 is 9.90 Å². The Morgan fingerprint density at radius 2 is 2.00 bits per heavy atom. The minimum Gasteiger partial charge on any atom is -0.507 e. The molecule has 0 saturated heterocycles. The molecule has 1 aromatic heterocycles. The molecule has 6 nitrogen and oxygen atoms in total. The molecule has 0 bridgehead atoms. The second-order valence-electron chi connectivity index (χ2n) is 5.79. The van der Waals surface area contributed by atoms with Crippen LogP contribution in [0.2, 0.25) is 10.2 Å². The normalized spacial score (nSPS) is 11.1. The van der Waals surface area contributed by atoms with Crippen molar-refractivity contribution in [2.45, 2.75) is 13.5 Å². The number of halogens is 2. The molecule has 0 aliphatic rings. The lowest BCUT2D eigenvalue weighted by Crippen LogP contribution is -2.17. The minimum atomic E-state index is -0.586. The van der Waals surface area contributed by atoms with Crippen LogP contribution < -0.4 is 5.43 Å². The number of carbonyl (C=O) groups is 1. The van der Waals surface area contributed by atoms with Crippen LogP contribution in [0, 0.1) is 6.92 Å². The molecule has 3 rings (SSSR count). The van der Waals surface area contributed by atoms with Gasteiger partial charge in [0.2, 0.25) is 0 Å². The van der Waals surface area contributed by atoms with E-state index in [1.807, 2.05) is 30.3 Å². The first kappa shape index (κ1) is 18.9. The van der Waals surface area contributed by atoms with Gasteiger partial charge in [-0.3, -0.25) is 4.79 Å². The van der Waals surface area contributed by atoms with Gasteiger partial charge >= 0.3 is 0 Å². The van der Waals surface area contributed by atoms with Gasteiger partial charge in [-0.05, 0) is 30.7 Å². The van der Waals surface area contributed by atoms with E-state index < -0.39 is 5.91 Å². The lowest BCUT2D eigenvalue weighted by molar-refractivity contribution is 0.0952. The second kappa shape index (κ2) is 8.24. The van der Waals surface area contributed by atoms with Crippen molar-refractivity contribution in [3.63, 3.8) is 0 Å². The molecule has 3 aromatic rings. The lowest BCUT2D eigenvalue weighted by atomic mass is 10.2. The summed E-state index contributed by atoms with van der Waals surface area (Å²) in [6.45, 7) is 2.33. The van der Waals surface area contributed by atoms with E-state index in [0.29, 0.717) is 28.0 Å². The van der Waals surface area contributed by atoms with Crippen LogP contribution in [0.5, 0.6) is 5.75 Å². The highest BCUT2D eigenvalue weighted by molar-refractivity contribution is 6.32. The summed E-state index contributed by atoms with van der Waals surface area (Å²) in [6.07, 6.45) is 1.42. The van der Waals surface area contributed by atoms with Gasteiger partial charge in [0.1, 0.15) is 10.9 Å². The van der Waals surface area contributed by atoms with Crippen LogP contribution in [-0.4, -0.2) is 27.0 Å². The van der Waals surface area contributed by atoms with Crippen LogP contribution in [-0.2, 0) is 6.54 Å². The Bertz CT molecular complexity index is 1000. The maximum Gasteiger partial charge on any atom is 0.275 e. The maximum atomic E-state index is 12.1. The quantitative estimate of drug-likeness (QED) is 0.499. The van der Waals surface area contributed by atoms with Crippen molar-refractivity contribution in [1.29, 1.82) is 0 Å². The molecule has 8 heteroatoms. The van der Waals surface area contributed by atoms with E-state index in [9.17, 15) is 9.90 Å². The number of rotatable bonds is 5. The molecule has 0 unspecified atom stereocenters. The van der Waals surface area contributed by atoms with Crippen LogP contribution >= 0.6 is 23.2 Å². The van der Waals surface area contributed by atoms with Gasteiger partial charge in [0, 0.05) is 5.02 Å². The highest BCUT2D eigenvalue weighted by Gasteiger charge is 2.13. The standard InChI is InChI=1S/C19H16Cl2N4O2/c1-12-16(18(21)25(24-12)11-13-5-3-2-4-6-13)10-22-23-19(27)15-9-14(20)7-8-17(15)26/h2-10,26H,11H2,1H3,(H,23,27)/b22-10-. The topological polar surface area (TPSA) is 79.5 Å². The molecule has 0 aliphatic heterocycles. The molecule has 2 N–H and O–H groups in total. The van der Waals surface area contributed by atoms with Gasteiger partial charge in [-0.2, -0.15) is 10.2 Å². The third kappa shape index (κ3) is 4.48. The first-order valence-corrected chi connectivity index (χ1v) is 8.80. The summed E-state index contributed by atoms with van der Waals surface area (Å²) in [5.41, 5.74) is 4.72. The fourth-order valence-corrected chi connectivity index (χ4v) is 2.94. The number of phenols is 1. The monoisotopic (exact) mass is 402 g/mol. The summed E-state index contributed by atoms with van der Waals surface area (Å²) in [4.78, 5) is 12.1. The zero-order valence-corrected chi connectivity index (χ0v) is 15.9. The smallest absolute Gasteiger partial charge is 0.275 e. The van der Waals surface area contributed by atoms with Crippen molar-refractivity contribution in [3.8, 4) is 5.75 Å². The van der Waals surface area contributed by atoms with Gasteiger partial charge < -0.3 is 5.11 Å². The maximum absolute atomic E-state index is 12.1. The average molecular weight is 403 g/mol. The van der Waals surface area contributed by atoms with Crippen molar-refractivity contribution in [1.82, 2.24) is 15.2 Å². The van der Waals surface area contributed by atoms with Crippen molar-refractivity contribution in [3.05, 3.63) is 81.1 Å². The molecule has 27 heavy (non-hydrogen) atoms. The number of nitrogens with one attached hydrogen (secondary N) is 1. The van der Waals surface area contributed by atoms with Gasteiger partial charge in [-0.15, -0.1) is 0 Å². The van der Waals surface area contributed by atoms with E-state index >= 15 is 0 Å². The van der Waals surface area contributed by atoms with E-state index in [1.54, 1.807) is 11.6 Å². The number of amides is 1.